The molecule has 0 aliphatic heterocycles. The lowest BCUT2D eigenvalue weighted by molar-refractivity contribution is -0.128. The quantitative estimate of drug-likeness (QED) is 0.444. The summed E-state index contributed by atoms with van der Waals surface area (Å²) in [6, 6.07) is 0. The summed E-state index contributed by atoms with van der Waals surface area (Å²) in [6.07, 6.45) is 15.5. The highest BCUT2D eigenvalue weighted by Gasteiger charge is 2.60. The molecular weight excluding hydrogens is 424 g/mol. The fourth-order valence-corrected chi connectivity index (χ4v) is 8.15. The molecule has 3 saturated carbocycles. The lowest BCUT2D eigenvalue weighted by Gasteiger charge is -2.64. The van der Waals surface area contributed by atoms with E-state index in [1.807, 2.05) is 6.92 Å². The number of allylic oxidation sites excluding steroid dienone is 7. The van der Waals surface area contributed by atoms with Gasteiger partial charge in [0.25, 0.3) is 6.47 Å². The summed E-state index contributed by atoms with van der Waals surface area (Å²) in [7, 11) is 0. The molecule has 4 heteroatoms. The number of ketones is 1. The fraction of sp³-hybridized carbons (Fsp3) is 0.667. The average Bonchev–Trinajstić information content (AvgIpc) is 2.80. The number of aliphatic hydroxyl groups excluding tert-OH is 1. The van der Waals surface area contributed by atoms with E-state index in [1.54, 1.807) is 18.6 Å². The number of hydrogen-bond donors (Lipinski definition) is 1. The molecule has 0 radical (unpaired) electrons. The Kier molecular flexibility index (Phi) is 6.50. The molecule has 3 fully saturated rings. The van der Waals surface area contributed by atoms with E-state index in [4.69, 9.17) is 0 Å². The van der Waals surface area contributed by atoms with Gasteiger partial charge in [-0.05, 0) is 98.2 Å². The van der Waals surface area contributed by atoms with E-state index in [0.29, 0.717) is 18.5 Å². The van der Waals surface area contributed by atoms with Crippen molar-refractivity contribution in [1.82, 2.24) is 0 Å². The summed E-state index contributed by atoms with van der Waals surface area (Å²) in [5.41, 5.74) is 5.18. The van der Waals surface area contributed by atoms with Crippen LogP contribution >= 0.6 is 0 Å². The van der Waals surface area contributed by atoms with Crippen LogP contribution in [-0.4, -0.2) is 24.0 Å². The fourth-order valence-electron chi connectivity index (χ4n) is 8.15. The van der Waals surface area contributed by atoms with Crippen LogP contribution in [0.5, 0.6) is 0 Å². The maximum atomic E-state index is 12.5. The van der Waals surface area contributed by atoms with E-state index in [-0.39, 0.29) is 22.4 Å². The van der Waals surface area contributed by atoms with Crippen molar-refractivity contribution >= 4 is 12.3 Å². The monoisotopic (exact) mass is 466 g/mol. The van der Waals surface area contributed by atoms with E-state index in [0.717, 1.165) is 40.9 Å². The standard InChI is InChI=1S/C27H36O2.C3H6O2/c1-16-8-10-25(3)12-13-27(5)19(21(25)14-16)9-11-26(4)20-15-22(28)24(29)17(2)18(20)6-7-23(26)27;1-2-5-3-4/h6-7,15-16,19,21,29H,8-14H2,1-5H3;3H,2H2,1H3. The van der Waals surface area contributed by atoms with Crippen LogP contribution in [0.15, 0.2) is 46.3 Å². The number of hydrogen-bond acceptors (Lipinski definition) is 4. The zero-order valence-electron chi connectivity index (χ0n) is 21.9. The maximum absolute atomic E-state index is 12.5. The molecular formula is C30H42O4. The Hall–Kier alpha value is -2.10. The molecule has 0 spiro atoms. The second-order valence-electron chi connectivity index (χ2n) is 12.1. The van der Waals surface area contributed by atoms with Crippen molar-refractivity contribution < 1.29 is 19.4 Å². The number of rotatable bonds is 2. The van der Waals surface area contributed by atoms with Gasteiger partial charge < -0.3 is 9.84 Å². The molecule has 0 bridgehead atoms. The number of carbonyl (C=O) groups excluding carboxylic acids is 2. The van der Waals surface area contributed by atoms with Crippen molar-refractivity contribution in [1.29, 1.82) is 0 Å². The highest BCUT2D eigenvalue weighted by atomic mass is 16.5. The second kappa shape index (κ2) is 8.84. The Balaban J connectivity index is 0.000000499. The highest BCUT2D eigenvalue weighted by molar-refractivity contribution is 6.06. The van der Waals surface area contributed by atoms with Crippen molar-refractivity contribution in [2.75, 3.05) is 6.61 Å². The van der Waals surface area contributed by atoms with E-state index < -0.39 is 0 Å². The van der Waals surface area contributed by atoms with E-state index in [9.17, 15) is 14.7 Å². The van der Waals surface area contributed by atoms with Gasteiger partial charge in [0, 0.05) is 11.0 Å². The first-order valence-corrected chi connectivity index (χ1v) is 13.2. The van der Waals surface area contributed by atoms with Gasteiger partial charge >= 0.3 is 0 Å². The van der Waals surface area contributed by atoms with Crippen LogP contribution < -0.4 is 0 Å². The maximum Gasteiger partial charge on any atom is 0.293 e. The van der Waals surface area contributed by atoms with Crippen molar-refractivity contribution in [2.24, 2.45) is 34.0 Å². The summed E-state index contributed by atoms with van der Waals surface area (Å²) in [5.74, 6) is 2.13. The average molecular weight is 467 g/mol. The summed E-state index contributed by atoms with van der Waals surface area (Å²) < 4.78 is 4.15. The van der Waals surface area contributed by atoms with Gasteiger partial charge in [0.15, 0.2) is 5.76 Å². The molecule has 0 saturated heterocycles. The van der Waals surface area contributed by atoms with Gasteiger partial charge in [0.05, 0.1) is 6.61 Å². The van der Waals surface area contributed by atoms with Crippen LogP contribution in [0.2, 0.25) is 0 Å². The Bertz CT molecular complexity index is 997. The third-order valence-electron chi connectivity index (χ3n) is 10.2. The second-order valence-corrected chi connectivity index (χ2v) is 12.1. The van der Waals surface area contributed by atoms with E-state index in [1.165, 1.54) is 38.5 Å². The normalized spacial score (nSPS) is 40.7. The molecule has 5 rings (SSSR count). The Morgan fingerprint density at radius 3 is 2.47 bits per heavy atom. The summed E-state index contributed by atoms with van der Waals surface area (Å²) in [6.45, 7) is 14.5. The largest absolute Gasteiger partial charge is 0.504 e. The molecule has 0 aromatic rings. The predicted octanol–water partition coefficient (Wildman–Crippen LogP) is 7.03. The molecule has 4 nitrogen and oxygen atoms in total. The van der Waals surface area contributed by atoms with Crippen LogP contribution in [0.4, 0.5) is 0 Å². The number of fused-ring (bicyclic) bond motifs is 7. The lowest BCUT2D eigenvalue weighted by atomic mass is 9.40. The first-order chi connectivity index (χ1) is 16.0. The first-order valence-electron chi connectivity index (χ1n) is 13.2. The summed E-state index contributed by atoms with van der Waals surface area (Å²) in [4.78, 5) is 21.7. The van der Waals surface area contributed by atoms with Crippen molar-refractivity contribution in [3.63, 3.8) is 0 Å². The minimum atomic E-state index is -0.221. The van der Waals surface area contributed by atoms with E-state index in [2.05, 4.69) is 44.6 Å². The molecule has 5 aliphatic carbocycles. The minimum Gasteiger partial charge on any atom is -0.504 e. The smallest absolute Gasteiger partial charge is 0.293 e. The third kappa shape index (κ3) is 3.72. The molecule has 0 aromatic heterocycles. The highest BCUT2D eigenvalue weighted by Crippen LogP contribution is 2.69. The number of ether oxygens (including phenoxy) is 1. The van der Waals surface area contributed by atoms with Crippen molar-refractivity contribution in [3.8, 4) is 0 Å². The molecule has 34 heavy (non-hydrogen) atoms. The Morgan fingerprint density at radius 2 is 1.82 bits per heavy atom. The van der Waals surface area contributed by atoms with Gasteiger partial charge in [-0.25, -0.2) is 0 Å². The molecule has 0 heterocycles. The molecule has 0 amide bonds. The zero-order valence-corrected chi connectivity index (χ0v) is 21.9. The molecule has 1 N–H and O–H groups in total. The molecule has 0 aromatic carbocycles. The van der Waals surface area contributed by atoms with Crippen LogP contribution in [0.25, 0.3) is 0 Å². The van der Waals surface area contributed by atoms with Crippen LogP contribution in [0, 0.1) is 34.0 Å². The summed E-state index contributed by atoms with van der Waals surface area (Å²) >= 11 is 0. The molecule has 5 aliphatic rings. The van der Waals surface area contributed by atoms with Crippen molar-refractivity contribution in [2.45, 2.75) is 86.5 Å². The van der Waals surface area contributed by atoms with E-state index >= 15 is 0 Å². The van der Waals surface area contributed by atoms with Crippen LogP contribution in [-0.2, 0) is 14.3 Å². The molecule has 6 unspecified atom stereocenters. The van der Waals surface area contributed by atoms with Gasteiger partial charge in [-0.2, -0.15) is 0 Å². The van der Waals surface area contributed by atoms with Gasteiger partial charge in [-0.15, -0.1) is 0 Å². The topological polar surface area (TPSA) is 63.6 Å². The van der Waals surface area contributed by atoms with Crippen LogP contribution in [0.3, 0.4) is 0 Å². The minimum absolute atomic E-state index is 0.0787. The molecule has 6 atom stereocenters. The van der Waals surface area contributed by atoms with Gasteiger partial charge in [0.1, 0.15) is 0 Å². The van der Waals surface area contributed by atoms with Crippen LogP contribution in [0.1, 0.15) is 86.5 Å². The third-order valence-corrected chi connectivity index (χ3v) is 10.2. The van der Waals surface area contributed by atoms with Gasteiger partial charge in [-0.3, -0.25) is 9.59 Å². The number of aliphatic hydroxyl groups is 1. The van der Waals surface area contributed by atoms with Gasteiger partial charge in [0.2, 0.25) is 5.78 Å². The summed E-state index contributed by atoms with van der Waals surface area (Å²) in [5, 5.41) is 10.2. The van der Waals surface area contributed by atoms with Crippen molar-refractivity contribution in [3.05, 3.63) is 46.3 Å². The zero-order chi connectivity index (χ0) is 24.9. The lowest BCUT2D eigenvalue weighted by Crippen LogP contribution is -2.55. The Morgan fingerprint density at radius 1 is 1.09 bits per heavy atom. The number of carbonyl (C=O) groups is 2. The molecule has 186 valence electrons. The Labute approximate surface area is 205 Å². The van der Waals surface area contributed by atoms with Gasteiger partial charge in [-0.1, -0.05) is 51.8 Å². The SMILES string of the molecule is CC1=C(O)C(=O)C=C2C1=CC=C1C2(C)CCC2C3CC(C)CCC3(C)CCC12C.CCOC=O. The first kappa shape index (κ1) is 25.0. The predicted molar refractivity (Wildman–Crippen MR) is 135 cm³/mol.